The smallest absolute Gasteiger partial charge is 0.234 e. The minimum atomic E-state index is 0.987. The number of unbranched alkanes of at least 4 members (excludes halogenated alkanes) is 3. The van der Waals surface area contributed by atoms with Gasteiger partial charge in [-0.05, 0) is 24.8 Å². The van der Waals surface area contributed by atoms with Gasteiger partial charge in [0, 0.05) is 6.42 Å². The number of benzene rings is 1. The summed E-state index contributed by atoms with van der Waals surface area (Å²) >= 11 is 0. The lowest BCUT2D eigenvalue weighted by atomic mass is 10.2. The van der Waals surface area contributed by atoms with Crippen molar-refractivity contribution in [3.8, 4) is 0 Å². The second-order valence-corrected chi connectivity index (χ2v) is 5.83. The highest BCUT2D eigenvalue weighted by Crippen LogP contribution is 2.08. The molecular formula is C19H29N2+. The molecule has 1 aromatic heterocycles. The van der Waals surface area contributed by atoms with Gasteiger partial charge in [0.15, 0.2) is 0 Å². The fraction of sp³-hybridized carbons (Fsp3) is 0.526. The summed E-state index contributed by atoms with van der Waals surface area (Å²) in [5.41, 5.74) is 1.38. The Labute approximate surface area is 129 Å². The number of hydrogen-bond donors (Lipinski definition) is 0. The van der Waals surface area contributed by atoms with Gasteiger partial charge in [-0.2, -0.15) is 0 Å². The van der Waals surface area contributed by atoms with E-state index in [0.29, 0.717) is 0 Å². The first kappa shape index (κ1) is 15.8. The molecule has 0 saturated heterocycles. The van der Waals surface area contributed by atoms with E-state index in [1.54, 1.807) is 0 Å². The molecule has 21 heavy (non-hydrogen) atoms. The molecular weight excluding hydrogens is 256 g/mol. The zero-order valence-electron chi connectivity index (χ0n) is 13.6. The molecule has 0 fully saturated rings. The Morgan fingerprint density at radius 3 is 2.43 bits per heavy atom. The Bertz CT molecular complexity index is 514. The van der Waals surface area contributed by atoms with Crippen LogP contribution in [0.4, 0.5) is 0 Å². The van der Waals surface area contributed by atoms with E-state index < -0.39 is 0 Å². The highest BCUT2D eigenvalue weighted by Gasteiger charge is 2.16. The van der Waals surface area contributed by atoms with E-state index in [2.05, 4.69) is 65.7 Å². The summed E-state index contributed by atoms with van der Waals surface area (Å²) in [7, 11) is 0. The molecule has 1 aromatic carbocycles. The third kappa shape index (κ3) is 4.73. The molecule has 0 bridgehead atoms. The Morgan fingerprint density at radius 1 is 0.952 bits per heavy atom. The van der Waals surface area contributed by atoms with Crippen LogP contribution >= 0.6 is 0 Å². The van der Waals surface area contributed by atoms with Crippen molar-refractivity contribution in [2.75, 3.05) is 0 Å². The minimum Gasteiger partial charge on any atom is -0.234 e. The van der Waals surface area contributed by atoms with Gasteiger partial charge in [0.05, 0.1) is 6.54 Å². The summed E-state index contributed by atoms with van der Waals surface area (Å²) in [6.45, 7) is 6.68. The Hall–Kier alpha value is -1.57. The Kier molecular flexibility index (Phi) is 6.52. The molecule has 2 heteroatoms. The van der Waals surface area contributed by atoms with E-state index in [-0.39, 0.29) is 0 Å². The fourth-order valence-electron chi connectivity index (χ4n) is 2.78. The molecule has 2 rings (SSSR count). The van der Waals surface area contributed by atoms with Crippen LogP contribution in [0.2, 0.25) is 0 Å². The molecule has 0 aliphatic rings. The van der Waals surface area contributed by atoms with Crippen molar-refractivity contribution in [1.29, 1.82) is 0 Å². The summed E-state index contributed by atoms with van der Waals surface area (Å²) in [6.07, 6.45) is 12.1. The van der Waals surface area contributed by atoms with E-state index in [1.165, 1.54) is 49.9 Å². The van der Waals surface area contributed by atoms with Gasteiger partial charge >= 0.3 is 0 Å². The number of nitrogens with zero attached hydrogens (tertiary/aromatic N) is 2. The van der Waals surface area contributed by atoms with E-state index in [4.69, 9.17) is 0 Å². The molecule has 0 amide bonds. The number of aryl methyl sites for hydroxylation is 1. The first-order valence-corrected chi connectivity index (χ1v) is 8.46. The van der Waals surface area contributed by atoms with Crippen molar-refractivity contribution < 1.29 is 4.57 Å². The summed E-state index contributed by atoms with van der Waals surface area (Å²) in [6, 6.07) is 10.8. The highest BCUT2D eigenvalue weighted by molar-refractivity contribution is 5.15. The molecule has 0 unspecified atom stereocenters. The summed E-state index contributed by atoms with van der Waals surface area (Å²) < 4.78 is 4.89. The van der Waals surface area contributed by atoms with Crippen molar-refractivity contribution in [2.24, 2.45) is 0 Å². The molecule has 114 valence electrons. The molecule has 0 atom stereocenters. The summed E-state index contributed by atoms with van der Waals surface area (Å²) in [5, 5.41) is 0. The predicted molar refractivity (Wildman–Crippen MR) is 88.3 cm³/mol. The van der Waals surface area contributed by atoms with Crippen LogP contribution in [0.3, 0.4) is 0 Å². The Morgan fingerprint density at radius 2 is 1.71 bits per heavy atom. The van der Waals surface area contributed by atoms with E-state index in [0.717, 1.165) is 13.1 Å². The normalized spacial score (nSPS) is 11.0. The van der Waals surface area contributed by atoms with Crippen LogP contribution in [-0.2, 0) is 19.5 Å². The van der Waals surface area contributed by atoms with Gasteiger partial charge in [-0.15, -0.1) is 0 Å². The van der Waals surface area contributed by atoms with Crippen molar-refractivity contribution in [3.05, 3.63) is 54.1 Å². The lowest BCUT2D eigenvalue weighted by Gasteiger charge is -2.05. The van der Waals surface area contributed by atoms with Crippen LogP contribution in [0.25, 0.3) is 0 Å². The van der Waals surface area contributed by atoms with Crippen molar-refractivity contribution in [2.45, 2.75) is 65.5 Å². The van der Waals surface area contributed by atoms with E-state index >= 15 is 0 Å². The van der Waals surface area contributed by atoms with Gasteiger partial charge in [0.1, 0.15) is 18.9 Å². The quantitative estimate of drug-likeness (QED) is 0.478. The third-order valence-corrected chi connectivity index (χ3v) is 4.04. The van der Waals surface area contributed by atoms with E-state index in [9.17, 15) is 0 Å². The third-order valence-electron chi connectivity index (χ3n) is 4.04. The first-order valence-electron chi connectivity index (χ1n) is 8.46. The number of aromatic nitrogens is 2. The molecule has 0 spiro atoms. The monoisotopic (exact) mass is 285 g/mol. The predicted octanol–water partition coefficient (Wildman–Crippen LogP) is 4.36. The maximum atomic E-state index is 2.47. The highest BCUT2D eigenvalue weighted by atomic mass is 15.1. The second kappa shape index (κ2) is 8.66. The van der Waals surface area contributed by atoms with Crippen molar-refractivity contribution in [3.63, 3.8) is 0 Å². The molecule has 0 saturated carbocycles. The second-order valence-electron chi connectivity index (χ2n) is 5.83. The van der Waals surface area contributed by atoms with Crippen LogP contribution < -0.4 is 4.57 Å². The molecule has 0 aliphatic heterocycles. The SMILES string of the molecule is CCCCC[n+]1ccn(Cc2ccccc2)c1CCCC. The average molecular weight is 285 g/mol. The topological polar surface area (TPSA) is 8.81 Å². The van der Waals surface area contributed by atoms with Crippen LogP contribution in [0, 0.1) is 0 Å². The van der Waals surface area contributed by atoms with Gasteiger partial charge < -0.3 is 0 Å². The maximum absolute atomic E-state index is 2.47. The molecule has 2 aromatic rings. The minimum absolute atomic E-state index is 0.987. The van der Waals surface area contributed by atoms with Gasteiger partial charge in [-0.25, -0.2) is 9.13 Å². The lowest BCUT2D eigenvalue weighted by molar-refractivity contribution is -0.704. The van der Waals surface area contributed by atoms with Crippen LogP contribution in [0.1, 0.15) is 57.3 Å². The molecule has 0 aliphatic carbocycles. The van der Waals surface area contributed by atoms with Crippen LogP contribution in [0.5, 0.6) is 0 Å². The first-order chi connectivity index (χ1) is 10.3. The Balaban J connectivity index is 2.11. The molecule has 0 radical (unpaired) electrons. The summed E-state index contributed by atoms with van der Waals surface area (Å²) in [4.78, 5) is 0. The lowest BCUT2D eigenvalue weighted by Crippen LogP contribution is -2.37. The fourth-order valence-corrected chi connectivity index (χ4v) is 2.78. The largest absolute Gasteiger partial charge is 0.256 e. The van der Waals surface area contributed by atoms with Gasteiger partial charge in [0.2, 0.25) is 0 Å². The zero-order chi connectivity index (χ0) is 14.9. The zero-order valence-corrected chi connectivity index (χ0v) is 13.6. The van der Waals surface area contributed by atoms with E-state index in [1.807, 2.05) is 0 Å². The molecule has 1 heterocycles. The average Bonchev–Trinajstić information content (AvgIpc) is 2.88. The molecule has 0 N–H and O–H groups in total. The number of hydrogen-bond acceptors (Lipinski definition) is 0. The number of imidazole rings is 1. The van der Waals surface area contributed by atoms with Gasteiger partial charge in [-0.1, -0.05) is 57.0 Å². The van der Waals surface area contributed by atoms with Crippen molar-refractivity contribution >= 4 is 0 Å². The van der Waals surface area contributed by atoms with Gasteiger partial charge in [-0.3, -0.25) is 0 Å². The number of rotatable bonds is 9. The summed E-state index contributed by atoms with van der Waals surface area (Å²) in [5.74, 6) is 1.48. The van der Waals surface area contributed by atoms with Crippen LogP contribution in [-0.4, -0.2) is 4.57 Å². The van der Waals surface area contributed by atoms with Crippen molar-refractivity contribution in [1.82, 2.24) is 4.57 Å². The standard InChI is InChI=1S/C19H29N2/c1-3-5-10-14-20-15-16-21(19(20)13-6-4-2)17-18-11-8-7-9-12-18/h7-9,11-12,15-16H,3-6,10,13-14,17H2,1-2H3/q+1. The van der Waals surface area contributed by atoms with Crippen LogP contribution in [0.15, 0.2) is 42.7 Å². The maximum Gasteiger partial charge on any atom is 0.256 e. The van der Waals surface area contributed by atoms with Gasteiger partial charge in [0.25, 0.3) is 5.82 Å². The molecule has 2 nitrogen and oxygen atoms in total.